The van der Waals surface area contributed by atoms with E-state index in [1.54, 1.807) is 12.1 Å². The van der Waals surface area contributed by atoms with Crippen molar-refractivity contribution in [2.24, 2.45) is 0 Å². The van der Waals surface area contributed by atoms with Gasteiger partial charge in [-0.1, -0.05) is 65.7 Å². The molecule has 0 spiro atoms. The van der Waals surface area contributed by atoms with E-state index in [0.717, 1.165) is 25.1 Å². The Morgan fingerprint density at radius 3 is 2.57 bits per heavy atom. The van der Waals surface area contributed by atoms with E-state index < -0.39 is 11.7 Å². The summed E-state index contributed by atoms with van der Waals surface area (Å²) in [6.45, 7) is 1.84. The van der Waals surface area contributed by atoms with Crippen molar-refractivity contribution in [1.82, 2.24) is 0 Å². The van der Waals surface area contributed by atoms with E-state index in [4.69, 9.17) is 27.9 Å². The second kappa shape index (κ2) is 9.41. The Bertz CT molecular complexity index is 1010. The van der Waals surface area contributed by atoms with Gasteiger partial charge in [-0.25, -0.2) is 4.79 Å². The monoisotopic (exact) mass is 440 g/mol. The lowest BCUT2D eigenvalue weighted by molar-refractivity contribution is 0.147. The fourth-order valence-electron chi connectivity index (χ4n) is 3.63. The minimum absolute atomic E-state index is 0.408. The summed E-state index contributed by atoms with van der Waals surface area (Å²) < 4.78 is 5.28. The molecule has 1 unspecified atom stereocenters. The van der Waals surface area contributed by atoms with Crippen molar-refractivity contribution in [3.05, 3.63) is 94.5 Å². The van der Waals surface area contributed by atoms with Crippen LogP contribution in [-0.2, 0) is 24.1 Å². The molecule has 154 valence electrons. The highest BCUT2D eigenvalue weighted by molar-refractivity contribution is 6.30. The van der Waals surface area contributed by atoms with Gasteiger partial charge in [0.1, 0.15) is 0 Å². The molecule has 1 aliphatic heterocycles. The zero-order valence-electron chi connectivity index (χ0n) is 16.4. The molecule has 1 aliphatic rings. The molecule has 0 aromatic heterocycles. The van der Waals surface area contributed by atoms with Gasteiger partial charge in [0.05, 0.1) is 0 Å². The molecule has 4 nitrogen and oxygen atoms in total. The van der Waals surface area contributed by atoms with Crippen LogP contribution in [0.4, 0.5) is 16.2 Å². The Morgan fingerprint density at radius 1 is 1.03 bits per heavy atom. The van der Waals surface area contributed by atoms with Gasteiger partial charge in [0.2, 0.25) is 0 Å². The molecule has 0 radical (unpaired) electrons. The van der Waals surface area contributed by atoms with Crippen molar-refractivity contribution in [2.45, 2.75) is 24.9 Å². The zero-order chi connectivity index (χ0) is 20.9. The molecule has 3 aromatic carbocycles. The number of carbonyl (C=O) groups excluding carboxylic acids is 1. The molecule has 0 saturated heterocycles. The third-order valence-corrected chi connectivity index (χ3v) is 5.57. The summed E-state index contributed by atoms with van der Waals surface area (Å²) >= 11 is 12.1. The number of nitrogens with zero attached hydrogens (tertiary/aromatic N) is 1. The van der Waals surface area contributed by atoms with E-state index in [-0.39, 0.29) is 0 Å². The fraction of sp³-hybridized carbons (Fsp3) is 0.208. The van der Waals surface area contributed by atoms with E-state index in [0.29, 0.717) is 17.1 Å². The first-order valence-corrected chi connectivity index (χ1v) is 10.7. The maximum absolute atomic E-state index is 12.2. The summed E-state index contributed by atoms with van der Waals surface area (Å²) in [6.07, 6.45) is 0.787. The molecule has 1 N–H and O–H groups in total. The van der Waals surface area contributed by atoms with Gasteiger partial charge in [0, 0.05) is 35.9 Å². The summed E-state index contributed by atoms with van der Waals surface area (Å²) in [6, 6.07) is 23.7. The first kappa shape index (κ1) is 20.6. The van der Waals surface area contributed by atoms with Gasteiger partial charge >= 0.3 is 6.09 Å². The number of nitrogens with one attached hydrogen (secondary N) is 1. The average Bonchev–Trinajstić information content (AvgIpc) is 3.12. The lowest BCUT2D eigenvalue weighted by Gasteiger charge is -2.20. The van der Waals surface area contributed by atoms with Crippen LogP contribution in [0.25, 0.3) is 0 Å². The lowest BCUT2D eigenvalue weighted by atomic mass is 10.1. The molecule has 0 aliphatic carbocycles. The van der Waals surface area contributed by atoms with Crippen LogP contribution in [0.1, 0.15) is 16.7 Å². The molecule has 1 heterocycles. The van der Waals surface area contributed by atoms with Gasteiger partial charge in [-0.15, -0.1) is 0 Å². The second-order valence-corrected chi connectivity index (χ2v) is 8.19. The van der Waals surface area contributed by atoms with Crippen molar-refractivity contribution in [3.8, 4) is 0 Å². The van der Waals surface area contributed by atoms with Crippen LogP contribution in [0.15, 0.2) is 72.8 Å². The number of ether oxygens (including phenoxy) is 1. The highest BCUT2D eigenvalue weighted by Crippen LogP contribution is 2.31. The van der Waals surface area contributed by atoms with Crippen LogP contribution in [-0.4, -0.2) is 18.2 Å². The SMILES string of the molecule is O=C(Nc1ccc2c(c1)CCN2Cc1ccccc1)OC(Cl)Cc1ccc(Cl)cc1. The number of rotatable bonds is 6. The van der Waals surface area contributed by atoms with Crippen LogP contribution in [0, 0.1) is 0 Å². The third-order valence-electron chi connectivity index (χ3n) is 5.08. The average molecular weight is 441 g/mol. The quantitative estimate of drug-likeness (QED) is 0.459. The van der Waals surface area contributed by atoms with Crippen LogP contribution >= 0.6 is 23.2 Å². The molecule has 3 aromatic rings. The smallest absolute Gasteiger partial charge is 0.413 e. The van der Waals surface area contributed by atoms with Gasteiger partial charge < -0.3 is 9.64 Å². The Hall–Kier alpha value is -2.69. The van der Waals surface area contributed by atoms with Gasteiger partial charge in [0.15, 0.2) is 5.56 Å². The van der Waals surface area contributed by atoms with Crippen molar-refractivity contribution in [1.29, 1.82) is 0 Å². The Balaban J connectivity index is 1.33. The summed E-state index contributed by atoms with van der Waals surface area (Å²) in [5.74, 6) is 0. The predicted octanol–water partition coefficient (Wildman–Crippen LogP) is 6.26. The van der Waals surface area contributed by atoms with E-state index in [9.17, 15) is 4.79 Å². The molecule has 30 heavy (non-hydrogen) atoms. The molecule has 1 atom stereocenters. The van der Waals surface area contributed by atoms with Gasteiger partial charge in [0.25, 0.3) is 0 Å². The van der Waals surface area contributed by atoms with E-state index in [2.05, 4.69) is 34.5 Å². The minimum Gasteiger partial charge on any atom is -0.429 e. The number of hydrogen-bond donors (Lipinski definition) is 1. The van der Waals surface area contributed by atoms with Gasteiger partial charge in [-0.2, -0.15) is 0 Å². The highest BCUT2D eigenvalue weighted by Gasteiger charge is 2.20. The van der Waals surface area contributed by atoms with Crippen LogP contribution in [0.5, 0.6) is 0 Å². The van der Waals surface area contributed by atoms with Crippen LogP contribution < -0.4 is 10.2 Å². The topological polar surface area (TPSA) is 41.6 Å². The zero-order valence-corrected chi connectivity index (χ0v) is 17.9. The van der Waals surface area contributed by atoms with Crippen molar-refractivity contribution in [2.75, 3.05) is 16.8 Å². The number of benzene rings is 3. The Morgan fingerprint density at radius 2 is 1.80 bits per heavy atom. The minimum atomic E-state index is -0.762. The van der Waals surface area contributed by atoms with E-state index in [1.165, 1.54) is 16.8 Å². The highest BCUT2D eigenvalue weighted by atomic mass is 35.5. The fourth-order valence-corrected chi connectivity index (χ4v) is 4.01. The molecule has 4 rings (SSSR count). The molecule has 0 bridgehead atoms. The summed E-state index contributed by atoms with van der Waals surface area (Å²) in [5, 5.41) is 3.43. The summed E-state index contributed by atoms with van der Waals surface area (Å²) in [5.41, 5.74) is 4.59. The van der Waals surface area contributed by atoms with E-state index >= 15 is 0 Å². The number of amides is 1. The van der Waals surface area contributed by atoms with E-state index in [1.807, 2.05) is 36.4 Å². The van der Waals surface area contributed by atoms with Crippen LogP contribution in [0.2, 0.25) is 5.02 Å². The molecule has 6 heteroatoms. The summed E-state index contributed by atoms with van der Waals surface area (Å²) in [4.78, 5) is 14.6. The molecule has 0 saturated carbocycles. The Labute approximate surface area is 186 Å². The van der Waals surface area contributed by atoms with Gasteiger partial charge in [-0.3, -0.25) is 5.32 Å². The second-order valence-electron chi connectivity index (χ2n) is 7.27. The number of carbonyl (C=O) groups is 1. The van der Waals surface area contributed by atoms with Crippen molar-refractivity contribution >= 4 is 40.7 Å². The largest absolute Gasteiger partial charge is 0.429 e. The van der Waals surface area contributed by atoms with Gasteiger partial charge in [-0.05, 0) is 53.4 Å². The first-order chi connectivity index (χ1) is 14.6. The summed E-state index contributed by atoms with van der Waals surface area (Å²) in [7, 11) is 0. The molecule has 1 amide bonds. The normalized spacial score (nSPS) is 13.6. The maximum atomic E-state index is 12.2. The van der Waals surface area contributed by atoms with Crippen molar-refractivity contribution < 1.29 is 9.53 Å². The third kappa shape index (κ3) is 5.26. The first-order valence-electron chi connectivity index (χ1n) is 9.85. The number of alkyl halides is 1. The predicted molar refractivity (Wildman–Crippen MR) is 123 cm³/mol. The Kier molecular flexibility index (Phi) is 6.46. The molecular weight excluding hydrogens is 419 g/mol. The molecular formula is C24H22Cl2N2O2. The maximum Gasteiger partial charge on any atom is 0.413 e. The van der Waals surface area contributed by atoms with Crippen molar-refractivity contribution in [3.63, 3.8) is 0 Å². The standard InChI is InChI=1S/C24H22Cl2N2O2/c25-20-8-6-17(7-9-20)14-23(26)30-24(29)27-21-10-11-22-19(15-21)12-13-28(22)16-18-4-2-1-3-5-18/h1-11,15,23H,12-14,16H2,(H,27,29). The number of hydrogen-bond acceptors (Lipinski definition) is 3. The number of anilines is 2. The molecule has 0 fully saturated rings. The lowest BCUT2D eigenvalue weighted by Crippen LogP contribution is -2.20. The van der Waals surface area contributed by atoms with Crippen LogP contribution in [0.3, 0.4) is 0 Å². The number of fused-ring (bicyclic) bond motifs is 1. The number of halogens is 2.